The molecule has 0 fully saturated rings. The minimum atomic E-state index is 0.723. The highest BCUT2D eigenvalue weighted by Crippen LogP contribution is 2.31. The summed E-state index contributed by atoms with van der Waals surface area (Å²) in [5.74, 6) is 0.916. The lowest BCUT2D eigenvalue weighted by Crippen LogP contribution is -1.97. The summed E-state index contributed by atoms with van der Waals surface area (Å²) in [4.78, 5) is 0. The van der Waals surface area contributed by atoms with Crippen molar-refractivity contribution in [2.75, 3.05) is 6.61 Å². The number of hydrogen-bond acceptors (Lipinski definition) is 4. The first-order chi connectivity index (χ1) is 14.3. The van der Waals surface area contributed by atoms with E-state index in [4.69, 9.17) is 16.3 Å². The van der Waals surface area contributed by atoms with Crippen LogP contribution in [0.2, 0.25) is 5.02 Å². The standard InChI is InChI=1S/C24H29ClN2OS/c1-2-3-4-5-6-7-8-9-18-28-22-16-12-20(13-17-22)24-27-26-23(29-24)19-10-14-21(25)15-11-19/h10-17H,2-9,18H2,1H3. The first-order valence-corrected chi connectivity index (χ1v) is 11.8. The Morgan fingerprint density at radius 1 is 0.724 bits per heavy atom. The third-order valence-electron chi connectivity index (χ3n) is 4.88. The fraction of sp³-hybridized carbons (Fsp3) is 0.417. The quantitative estimate of drug-likeness (QED) is 0.274. The summed E-state index contributed by atoms with van der Waals surface area (Å²) < 4.78 is 5.88. The average Bonchev–Trinajstić information content (AvgIpc) is 3.24. The number of ether oxygens (including phenoxy) is 1. The molecule has 5 heteroatoms. The van der Waals surface area contributed by atoms with Gasteiger partial charge in [-0.3, -0.25) is 0 Å². The molecule has 0 aliphatic carbocycles. The molecule has 0 aliphatic heterocycles. The molecule has 0 saturated carbocycles. The van der Waals surface area contributed by atoms with Crippen LogP contribution in [-0.2, 0) is 0 Å². The Morgan fingerprint density at radius 3 is 1.83 bits per heavy atom. The van der Waals surface area contributed by atoms with E-state index in [-0.39, 0.29) is 0 Å². The highest BCUT2D eigenvalue weighted by atomic mass is 35.5. The van der Waals surface area contributed by atoms with E-state index in [1.165, 1.54) is 44.9 Å². The van der Waals surface area contributed by atoms with Crippen molar-refractivity contribution in [2.45, 2.75) is 58.3 Å². The van der Waals surface area contributed by atoms with Gasteiger partial charge < -0.3 is 4.74 Å². The number of halogens is 1. The molecule has 29 heavy (non-hydrogen) atoms. The smallest absolute Gasteiger partial charge is 0.148 e. The molecule has 0 N–H and O–H groups in total. The van der Waals surface area contributed by atoms with Crippen molar-refractivity contribution in [3.05, 3.63) is 53.6 Å². The summed E-state index contributed by atoms with van der Waals surface area (Å²) in [6.07, 6.45) is 10.5. The van der Waals surface area contributed by atoms with Gasteiger partial charge in [-0.25, -0.2) is 0 Å². The van der Waals surface area contributed by atoms with E-state index in [2.05, 4.69) is 29.3 Å². The molecule has 0 radical (unpaired) electrons. The van der Waals surface area contributed by atoms with E-state index in [1.807, 2.05) is 36.4 Å². The normalized spacial score (nSPS) is 11.0. The topological polar surface area (TPSA) is 35.0 Å². The zero-order valence-corrected chi connectivity index (χ0v) is 18.6. The van der Waals surface area contributed by atoms with E-state index < -0.39 is 0 Å². The van der Waals surface area contributed by atoms with Gasteiger partial charge in [0.25, 0.3) is 0 Å². The SMILES string of the molecule is CCCCCCCCCCOc1ccc(-c2nnc(-c3ccc(Cl)cc3)s2)cc1. The van der Waals surface area contributed by atoms with E-state index in [0.29, 0.717) is 0 Å². The van der Waals surface area contributed by atoms with E-state index >= 15 is 0 Å². The molecule has 3 nitrogen and oxygen atoms in total. The number of hydrogen-bond donors (Lipinski definition) is 0. The summed E-state index contributed by atoms with van der Waals surface area (Å²) in [6, 6.07) is 15.8. The maximum Gasteiger partial charge on any atom is 0.148 e. The van der Waals surface area contributed by atoms with E-state index in [9.17, 15) is 0 Å². The molecule has 0 bridgehead atoms. The lowest BCUT2D eigenvalue weighted by atomic mass is 10.1. The van der Waals surface area contributed by atoms with Gasteiger partial charge in [0.05, 0.1) is 6.61 Å². The average molecular weight is 429 g/mol. The molecular weight excluding hydrogens is 400 g/mol. The molecule has 0 amide bonds. The fourth-order valence-corrected chi connectivity index (χ4v) is 4.15. The molecule has 0 atom stereocenters. The van der Waals surface area contributed by atoms with Gasteiger partial charge in [-0.05, 0) is 42.8 Å². The van der Waals surface area contributed by atoms with Crippen molar-refractivity contribution in [2.24, 2.45) is 0 Å². The van der Waals surface area contributed by atoms with Crippen LogP contribution in [0, 0.1) is 0 Å². The second-order valence-corrected chi connectivity index (χ2v) is 8.68. The van der Waals surface area contributed by atoms with E-state index in [1.54, 1.807) is 11.3 Å². The lowest BCUT2D eigenvalue weighted by Gasteiger charge is -2.06. The van der Waals surface area contributed by atoms with Crippen molar-refractivity contribution in [3.63, 3.8) is 0 Å². The highest BCUT2D eigenvalue weighted by Gasteiger charge is 2.09. The van der Waals surface area contributed by atoms with Gasteiger partial charge in [0.15, 0.2) is 0 Å². The second-order valence-electron chi connectivity index (χ2n) is 7.27. The van der Waals surface area contributed by atoms with Crippen molar-refractivity contribution in [3.8, 4) is 26.9 Å². The molecule has 0 unspecified atom stereocenters. The molecule has 3 rings (SSSR count). The van der Waals surface area contributed by atoms with Crippen molar-refractivity contribution < 1.29 is 4.74 Å². The molecule has 0 aliphatic rings. The van der Waals surface area contributed by atoms with Gasteiger partial charge in [0.2, 0.25) is 0 Å². The van der Waals surface area contributed by atoms with Crippen molar-refractivity contribution in [1.82, 2.24) is 10.2 Å². The van der Waals surface area contributed by atoms with Crippen molar-refractivity contribution in [1.29, 1.82) is 0 Å². The molecule has 2 aromatic carbocycles. The van der Waals surface area contributed by atoms with Gasteiger partial charge in [0, 0.05) is 16.1 Å². The number of benzene rings is 2. The first kappa shape index (κ1) is 21.8. The van der Waals surface area contributed by atoms with E-state index in [0.717, 1.165) is 44.9 Å². The number of rotatable bonds is 12. The zero-order valence-electron chi connectivity index (χ0n) is 17.1. The summed E-state index contributed by atoms with van der Waals surface area (Å²) in [6.45, 7) is 3.05. The predicted molar refractivity (Wildman–Crippen MR) is 124 cm³/mol. The van der Waals surface area contributed by atoms with Gasteiger partial charge in [0.1, 0.15) is 15.8 Å². The Kier molecular flexibility index (Phi) is 8.97. The maximum absolute atomic E-state index is 5.95. The Balaban J connectivity index is 1.42. The summed E-state index contributed by atoms with van der Waals surface area (Å²) in [5, 5.41) is 11.2. The third kappa shape index (κ3) is 7.13. The Labute approximate surface area is 183 Å². The first-order valence-electron chi connectivity index (χ1n) is 10.6. The van der Waals surface area contributed by atoms with Gasteiger partial charge in [-0.1, -0.05) is 86.9 Å². The van der Waals surface area contributed by atoms with Crippen LogP contribution in [0.1, 0.15) is 58.3 Å². The van der Waals surface area contributed by atoms with Crippen LogP contribution in [-0.4, -0.2) is 16.8 Å². The molecule has 0 saturated heterocycles. The Morgan fingerprint density at radius 2 is 1.24 bits per heavy atom. The summed E-state index contributed by atoms with van der Waals surface area (Å²) in [5.41, 5.74) is 2.09. The van der Waals surface area contributed by atoms with Crippen LogP contribution in [0.25, 0.3) is 21.1 Å². The second kappa shape index (κ2) is 11.9. The van der Waals surface area contributed by atoms with Crippen LogP contribution in [0.4, 0.5) is 0 Å². The van der Waals surface area contributed by atoms with Gasteiger partial charge in [-0.2, -0.15) is 0 Å². The fourth-order valence-electron chi connectivity index (χ4n) is 3.17. The van der Waals surface area contributed by atoms with Gasteiger partial charge >= 0.3 is 0 Å². The number of unbranched alkanes of at least 4 members (excludes halogenated alkanes) is 7. The van der Waals surface area contributed by atoms with Crippen LogP contribution in [0.3, 0.4) is 0 Å². The van der Waals surface area contributed by atoms with Crippen LogP contribution in [0.5, 0.6) is 5.75 Å². The molecule has 1 aromatic heterocycles. The van der Waals surface area contributed by atoms with Crippen LogP contribution < -0.4 is 4.74 Å². The highest BCUT2D eigenvalue weighted by molar-refractivity contribution is 7.17. The molecule has 1 heterocycles. The molecule has 3 aromatic rings. The minimum Gasteiger partial charge on any atom is -0.494 e. The summed E-state index contributed by atoms with van der Waals surface area (Å²) in [7, 11) is 0. The molecule has 0 spiro atoms. The maximum atomic E-state index is 5.95. The Hall–Kier alpha value is -1.91. The molecular formula is C24H29ClN2OS. The third-order valence-corrected chi connectivity index (χ3v) is 6.16. The predicted octanol–water partition coefficient (Wildman–Crippen LogP) is 8.05. The monoisotopic (exact) mass is 428 g/mol. The lowest BCUT2D eigenvalue weighted by molar-refractivity contribution is 0.304. The Bertz CT molecular complexity index is 846. The molecule has 154 valence electrons. The van der Waals surface area contributed by atoms with Crippen LogP contribution in [0.15, 0.2) is 48.5 Å². The van der Waals surface area contributed by atoms with Crippen LogP contribution >= 0.6 is 22.9 Å². The number of nitrogens with zero attached hydrogens (tertiary/aromatic N) is 2. The van der Waals surface area contributed by atoms with Crippen molar-refractivity contribution >= 4 is 22.9 Å². The largest absolute Gasteiger partial charge is 0.494 e. The summed E-state index contributed by atoms with van der Waals surface area (Å²) >= 11 is 7.53. The zero-order chi connectivity index (χ0) is 20.3. The minimum absolute atomic E-state index is 0.723. The van der Waals surface area contributed by atoms with Gasteiger partial charge in [-0.15, -0.1) is 10.2 Å². The number of aromatic nitrogens is 2.